The number of rotatable bonds is 0. The third-order valence-corrected chi connectivity index (χ3v) is 2.76. The molecular weight excluding hydrogens is 270 g/mol. The molecule has 2 N–H and O–H groups in total. The lowest BCUT2D eigenvalue weighted by Crippen LogP contribution is -1.96. The molecule has 0 aromatic heterocycles. The highest BCUT2D eigenvalue weighted by Gasteiger charge is 2.15. The first kappa shape index (κ1) is 7.97. The smallest absolute Gasteiger partial charge is 0.146 e. The van der Waals surface area contributed by atoms with Gasteiger partial charge in [-0.3, -0.25) is 4.99 Å². The Morgan fingerprint density at radius 3 is 3.00 bits per heavy atom. The van der Waals surface area contributed by atoms with E-state index in [9.17, 15) is 4.39 Å². The normalized spacial score (nSPS) is 14.3. The van der Waals surface area contributed by atoms with Crippen molar-refractivity contribution < 1.29 is 4.39 Å². The summed E-state index contributed by atoms with van der Waals surface area (Å²) in [6.45, 7) is 0.574. The van der Waals surface area contributed by atoms with Gasteiger partial charge in [0.25, 0.3) is 0 Å². The summed E-state index contributed by atoms with van der Waals surface area (Å²) in [5.74, 6) is -0.352. The first-order valence-corrected chi connectivity index (χ1v) is 4.54. The van der Waals surface area contributed by atoms with Crippen molar-refractivity contribution in [2.45, 2.75) is 6.54 Å². The SMILES string of the molecule is Nc1cc2c(cc1F)CN=C2I. The van der Waals surface area contributed by atoms with Gasteiger partial charge in [-0.25, -0.2) is 4.39 Å². The maximum Gasteiger partial charge on any atom is 0.146 e. The molecule has 62 valence electrons. The van der Waals surface area contributed by atoms with Crippen LogP contribution in [0.5, 0.6) is 0 Å². The van der Waals surface area contributed by atoms with Crippen LogP contribution in [0.25, 0.3) is 0 Å². The third-order valence-electron chi connectivity index (χ3n) is 1.83. The Labute approximate surface area is 82.8 Å². The number of hydrogen-bond donors (Lipinski definition) is 1. The predicted octanol–water partition coefficient (Wildman–Crippen LogP) is 2.10. The van der Waals surface area contributed by atoms with Gasteiger partial charge in [-0.15, -0.1) is 0 Å². The lowest BCUT2D eigenvalue weighted by Gasteiger charge is -2.01. The number of nitrogens with zero attached hydrogens (tertiary/aromatic N) is 1. The Kier molecular flexibility index (Phi) is 1.79. The highest BCUT2D eigenvalue weighted by atomic mass is 127. The van der Waals surface area contributed by atoms with E-state index in [0.717, 1.165) is 14.8 Å². The first-order valence-electron chi connectivity index (χ1n) is 3.46. The molecule has 0 saturated heterocycles. The second-order valence-corrected chi connectivity index (χ2v) is 3.66. The van der Waals surface area contributed by atoms with Gasteiger partial charge < -0.3 is 5.73 Å². The summed E-state index contributed by atoms with van der Waals surface area (Å²) in [6.07, 6.45) is 0. The first-order chi connectivity index (χ1) is 5.68. The number of hydrogen-bond acceptors (Lipinski definition) is 2. The number of fused-ring (bicyclic) bond motifs is 1. The van der Waals surface area contributed by atoms with Crippen LogP contribution in [0, 0.1) is 5.82 Å². The van der Waals surface area contributed by atoms with Gasteiger partial charge >= 0.3 is 0 Å². The van der Waals surface area contributed by atoms with Gasteiger partial charge in [0.2, 0.25) is 0 Å². The summed E-state index contributed by atoms with van der Waals surface area (Å²) in [4.78, 5) is 4.17. The Morgan fingerprint density at radius 2 is 2.25 bits per heavy atom. The molecule has 1 aliphatic heterocycles. The van der Waals surface area contributed by atoms with Crippen molar-refractivity contribution in [2.75, 3.05) is 5.73 Å². The second kappa shape index (κ2) is 2.69. The summed E-state index contributed by atoms with van der Waals surface area (Å²) >= 11 is 2.12. The lowest BCUT2D eigenvalue weighted by molar-refractivity contribution is 0.630. The number of nitrogen functional groups attached to an aromatic ring is 1. The lowest BCUT2D eigenvalue weighted by atomic mass is 10.1. The molecule has 0 spiro atoms. The van der Waals surface area contributed by atoms with Crippen LogP contribution in [0.2, 0.25) is 0 Å². The minimum absolute atomic E-state index is 0.194. The number of anilines is 1. The molecule has 4 heteroatoms. The van der Waals surface area contributed by atoms with Gasteiger partial charge in [0, 0.05) is 5.56 Å². The van der Waals surface area contributed by atoms with Gasteiger partial charge in [-0.2, -0.15) is 0 Å². The highest BCUT2D eigenvalue weighted by molar-refractivity contribution is 14.1. The summed E-state index contributed by atoms with van der Waals surface area (Å²) in [5, 5.41) is 0. The molecule has 2 nitrogen and oxygen atoms in total. The van der Waals surface area contributed by atoms with Gasteiger partial charge in [0.1, 0.15) is 9.54 Å². The van der Waals surface area contributed by atoms with E-state index in [1.807, 2.05) is 0 Å². The Hall–Kier alpha value is -0.650. The zero-order valence-corrected chi connectivity index (χ0v) is 8.30. The van der Waals surface area contributed by atoms with Crippen molar-refractivity contribution in [3.63, 3.8) is 0 Å². The molecule has 0 unspecified atom stereocenters. The van der Waals surface area contributed by atoms with Crippen LogP contribution in [0.3, 0.4) is 0 Å². The number of halogens is 2. The van der Waals surface area contributed by atoms with Crippen LogP contribution in [-0.2, 0) is 6.54 Å². The average molecular weight is 276 g/mol. The number of nitrogens with two attached hydrogens (primary N) is 1. The minimum Gasteiger partial charge on any atom is -0.396 e. The maximum absolute atomic E-state index is 12.9. The largest absolute Gasteiger partial charge is 0.396 e. The Bertz CT molecular complexity index is 374. The quantitative estimate of drug-likeness (QED) is 0.572. The van der Waals surface area contributed by atoms with Crippen LogP contribution >= 0.6 is 22.6 Å². The van der Waals surface area contributed by atoms with E-state index in [4.69, 9.17) is 5.73 Å². The van der Waals surface area contributed by atoms with Gasteiger partial charge in [-0.1, -0.05) is 0 Å². The molecule has 0 atom stereocenters. The van der Waals surface area contributed by atoms with E-state index in [2.05, 4.69) is 27.6 Å². The van der Waals surface area contributed by atoms with Gasteiger partial charge in [-0.05, 0) is 40.3 Å². The van der Waals surface area contributed by atoms with E-state index in [-0.39, 0.29) is 11.5 Å². The van der Waals surface area contributed by atoms with E-state index >= 15 is 0 Å². The molecule has 0 bridgehead atoms. The van der Waals surface area contributed by atoms with Crippen molar-refractivity contribution in [2.24, 2.45) is 4.99 Å². The zero-order valence-electron chi connectivity index (χ0n) is 6.14. The molecule has 0 aliphatic carbocycles. The molecule has 1 aromatic carbocycles. The molecule has 1 heterocycles. The predicted molar refractivity (Wildman–Crippen MR) is 55.1 cm³/mol. The fourth-order valence-corrected chi connectivity index (χ4v) is 1.87. The van der Waals surface area contributed by atoms with Crippen LogP contribution < -0.4 is 5.73 Å². The van der Waals surface area contributed by atoms with Crippen molar-refractivity contribution in [3.8, 4) is 0 Å². The third kappa shape index (κ3) is 1.10. The molecule has 0 radical (unpaired) electrons. The zero-order chi connectivity index (χ0) is 8.72. The molecule has 1 aromatic rings. The number of benzene rings is 1. The topological polar surface area (TPSA) is 38.4 Å². The van der Waals surface area contributed by atoms with Crippen molar-refractivity contribution >= 4 is 32.0 Å². The standard InChI is InChI=1S/C8H6FIN2/c9-6-1-4-3-12-8(10)5(4)2-7(6)11/h1-2H,3,11H2. The van der Waals surface area contributed by atoms with Crippen molar-refractivity contribution in [3.05, 3.63) is 29.1 Å². The summed E-state index contributed by atoms with van der Waals surface area (Å²) in [7, 11) is 0. The summed E-state index contributed by atoms with van der Waals surface area (Å²) in [5.41, 5.74) is 7.51. The molecule has 12 heavy (non-hydrogen) atoms. The Morgan fingerprint density at radius 1 is 1.50 bits per heavy atom. The monoisotopic (exact) mass is 276 g/mol. The molecule has 2 rings (SSSR count). The maximum atomic E-state index is 12.9. The second-order valence-electron chi connectivity index (χ2n) is 2.64. The average Bonchev–Trinajstić information content (AvgIpc) is 2.35. The number of aliphatic imine (C=N–C) groups is 1. The molecular formula is C8H6FIN2. The molecule has 0 amide bonds. The van der Waals surface area contributed by atoms with Crippen LogP contribution in [-0.4, -0.2) is 3.72 Å². The van der Waals surface area contributed by atoms with E-state index in [1.54, 1.807) is 6.07 Å². The fraction of sp³-hybridized carbons (Fsp3) is 0.125. The summed E-state index contributed by atoms with van der Waals surface area (Å²) in [6, 6.07) is 3.10. The molecule has 0 fully saturated rings. The van der Waals surface area contributed by atoms with Crippen molar-refractivity contribution in [1.82, 2.24) is 0 Å². The minimum atomic E-state index is -0.352. The highest BCUT2D eigenvalue weighted by Crippen LogP contribution is 2.26. The van der Waals surface area contributed by atoms with Gasteiger partial charge in [0.05, 0.1) is 12.2 Å². The molecule has 0 saturated carbocycles. The Balaban J connectivity index is 2.63. The molecule has 1 aliphatic rings. The fourth-order valence-electron chi connectivity index (χ4n) is 1.19. The van der Waals surface area contributed by atoms with Crippen LogP contribution in [0.1, 0.15) is 11.1 Å². The van der Waals surface area contributed by atoms with E-state index < -0.39 is 0 Å². The van der Waals surface area contributed by atoms with Crippen molar-refractivity contribution in [1.29, 1.82) is 0 Å². The van der Waals surface area contributed by atoms with Crippen LogP contribution in [0.4, 0.5) is 10.1 Å². The van der Waals surface area contributed by atoms with Crippen LogP contribution in [0.15, 0.2) is 17.1 Å². The van der Waals surface area contributed by atoms with Gasteiger partial charge in [0.15, 0.2) is 0 Å². The summed E-state index contributed by atoms with van der Waals surface area (Å²) < 4.78 is 13.8. The van der Waals surface area contributed by atoms with E-state index in [1.165, 1.54) is 6.07 Å². The van der Waals surface area contributed by atoms with E-state index in [0.29, 0.717) is 6.54 Å².